The number of benzene rings is 2. The first kappa shape index (κ1) is 16.7. The van der Waals surface area contributed by atoms with Crippen LogP contribution in [0.5, 0.6) is 0 Å². The van der Waals surface area contributed by atoms with Crippen LogP contribution < -0.4 is 5.32 Å². The molecule has 2 aromatic carbocycles. The first-order valence-corrected chi connectivity index (χ1v) is 9.31. The van der Waals surface area contributed by atoms with E-state index in [2.05, 4.69) is 20.7 Å². The van der Waals surface area contributed by atoms with Gasteiger partial charge in [0.25, 0.3) is 0 Å². The fraction of sp³-hybridized carbons (Fsp3) is 0.167. The van der Waals surface area contributed by atoms with Crippen LogP contribution in [0.1, 0.15) is 11.1 Å². The molecule has 6 heteroatoms. The minimum atomic E-state index is -0.00356. The zero-order valence-electron chi connectivity index (χ0n) is 13.2. The van der Waals surface area contributed by atoms with Crippen molar-refractivity contribution in [2.24, 2.45) is 0 Å². The molecule has 0 saturated heterocycles. The minimum Gasteiger partial charge on any atom is -0.351 e. The third kappa shape index (κ3) is 4.66. The Labute approximate surface area is 149 Å². The fourth-order valence-corrected chi connectivity index (χ4v) is 3.59. The van der Waals surface area contributed by atoms with Gasteiger partial charge in [-0.3, -0.25) is 4.79 Å². The van der Waals surface area contributed by atoms with Gasteiger partial charge in [-0.05, 0) is 30.1 Å². The molecule has 0 bridgehead atoms. The molecular formula is C18H17N3OS2. The highest BCUT2D eigenvalue weighted by Gasteiger charge is 2.09. The molecule has 1 amide bonds. The number of aromatic nitrogens is 2. The second-order valence-corrected chi connectivity index (χ2v) is 7.28. The Morgan fingerprint density at radius 2 is 2.00 bits per heavy atom. The molecule has 4 nitrogen and oxygen atoms in total. The SMILES string of the molecule is Cc1cccc(-c2nsc(SCC(=O)NCc3ccccc3)n2)c1. The van der Waals surface area contributed by atoms with Crippen LogP contribution in [0.3, 0.4) is 0 Å². The molecule has 24 heavy (non-hydrogen) atoms. The van der Waals surface area contributed by atoms with Gasteiger partial charge in [0.15, 0.2) is 10.2 Å². The average Bonchev–Trinajstić information content (AvgIpc) is 3.08. The van der Waals surface area contributed by atoms with Crippen molar-refractivity contribution in [2.75, 3.05) is 5.75 Å². The third-order valence-corrected chi connectivity index (χ3v) is 5.18. The maximum absolute atomic E-state index is 11.9. The monoisotopic (exact) mass is 355 g/mol. The zero-order valence-corrected chi connectivity index (χ0v) is 14.9. The summed E-state index contributed by atoms with van der Waals surface area (Å²) in [5.74, 6) is 1.06. The van der Waals surface area contributed by atoms with Crippen LogP contribution in [0.25, 0.3) is 11.4 Å². The van der Waals surface area contributed by atoms with Crippen molar-refractivity contribution in [1.82, 2.24) is 14.7 Å². The Morgan fingerprint density at radius 3 is 2.79 bits per heavy atom. The van der Waals surface area contributed by atoms with E-state index in [1.165, 1.54) is 28.9 Å². The van der Waals surface area contributed by atoms with E-state index in [0.717, 1.165) is 21.3 Å². The Hall–Kier alpha value is -2.18. The highest BCUT2D eigenvalue weighted by atomic mass is 32.2. The van der Waals surface area contributed by atoms with Crippen LogP contribution in [-0.4, -0.2) is 21.0 Å². The summed E-state index contributed by atoms with van der Waals surface area (Å²) in [6.07, 6.45) is 0. The summed E-state index contributed by atoms with van der Waals surface area (Å²) in [6.45, 7) is 2.59. The van der Waals surface area contributed by atoms with Gasteiger partial charge < -0.3 is 5.32 Å². The summed E-state index contributed by atoms with van der Waals surface area (Å²) in [5, 5.41) is 2.91. The number of nitrogens with one attached hydrogen (secondary N) is 1. The number of amides is 1. The molecule has 0 atom stereocenters. The molecule has 0 fully saturated rings. The van der Waals surface area contributed by atoms with Crippen LogP contribution in [-0.2, 0) is 11.3 Å². The maximum atomic E-state index is 11.9. The first-order valence-electron chi connectivity index (χ1n) is 7.55. The second kappa shape index (κ2) is 8.08. The highest BCUT2D eigenvalue weighted by Crippen LogP contribution is 2.25. The minimum absolute atomic E-state index is 0.00356. The van der Waals surface area contributed by atoms with Crippen LogP contribution in [0.2, 0.25) is 0 Å². The van der Waals surface area contributed by atoms with Crippen LogP contribution in [0, 0.1) is 6.92 Å². The van der Waals surface area contributed by atoms with Crippen molar-refractivity contribution < 1.29 is 4.79 Å². The Kier molecular flexibility index (Phi) is 5.61. The van der Waals surface area contributed by atoms with Gasteiger partial charge in [-0.25, -0.2) is 4.98 Å². The van der Waals surface area contributed by atoms with Gasteiger partial charge in [0.1, 0.15) is 0 Å². The van der Waals surface area contributed by atoms with E-state index in [1.54, 1.807) is 0 Å². The van der Waals surface area contributed by atoms with Crippen LogP contribution in [0.4, 0.5) is 0 Å². The highest BCUT2D eigenvalue weighted by molar-refractivity contribution is 8.01. The third-order valence-electron chi connectivity index (χ3n) is 3.34. The Balaban J connectivity index is 1.51. The Morgan fingerprint density at radius 1 is 1.17 bits per heavy atom. The first-order chi connectivity index (χ1) is 11.7. The second-order valence-electron chi connectivity index (χ2n) is 5.30. The summed E-state index contributed by atoms with van der Waals surface area (Å²) >= 11 is 2.74. The number of nitrogens with zero attached hydrogens (tertiary/aromatic N) is 2. The lowest BCUT2D eigenvalue weighted by Gasteiger charge is -2.03. The topological polar surface area (TPSA) is 54.9 Å². The normalized spacial score (nSPS) is 10.5. The molecule has 0 unspecified atom stereocenters. The smallest absolute Gasteiger partial charge is 0.230 e. The van der Waals surface area contributed by atoms with Crippen molar-refractivity contribution in [2.45, 2.75) is 17.8 Å². The summed E-state index contributed by atoms with van der Waals surface area (Å²) in [4.78, 5) is 16.4. The summed E-state index contributed by atoms with van der Waals surface area (Å²) in [5.41, 5.74) is 3.27. The molecule has 0 aliphatic carbocycles. The lowest BCUT2D eigenvalue weighted by Crippen LogP contribution is -2.24. The van der Waals surface area contributed by atoms with E-state index in [-0.39, 0.29) is 5.91 Å². The molecule has 0 aliphatic heterocycles. The van der Waals surface area contributed by atoms with E-state index in [9.17, 15) is 4.79 Å². The molecule has 122 valence electrons. The fourth-order valence-electron chi connectivity index (χ4n) is 2.14. The maximum Gasteiger partial charge on any atom is 0.230 e. The predicted octanol–water partition coefficient (Wildman–Crippen LogP) is 3.92. The summed E-state index contributed by atoms with van der Waals surface area (Å²) in [6, 6.07) is 18.0. The molecular weight excluding hydrogens is 338 g/mol. The number of thioether (sulfide) groups is 1. The molecule has 0 saturated carbocycles. The van der Waals surface area contributed by atoms with Gasteiger partial charge in [-0.2, -0.15) is 4.37 Å². The number of rotatable bonds is 6. The van der Waals surface area contributed by atoms with Crippen LogP contribution >= 0.6 is 23.3 Å². The molecule has 0 radical (unpaired) electrons. The molecule has 1 heterocycles. The number of carbonyl (C=O) groups excluding carboxylic acids is 1. The van der Waals surface area contributed by atoms with Crippen molar-refractivity contribution >= 4 is 29.2 Å². The van der Waals surface area contributed by atoms with Gasteiger partial charge in [-0.15, -0.1) is 0 Å². The van der Waals surface area contributed by atoms with E-state index >= 15 is 0 Å². The number of hydrogen-bond donors (Lipinski definition) is 1. The van der Waals surface area contributed by atoms with Crippen molar-refractivity contribution in [3.63, 3.8) is 0 Å². The molecule has 1 N–H and O–H groups in total. The van der Waals surface area contributed by atoms with Crippen molar-refractivity contribution in [3.05, 3.63) is 65.7 Å². The summed E-state index contributed by atoms with van der Waals surface area (Å²) < 4.78 is 5.18. The molecule has 0 aliphatic rings. The van der Waals surface area contributed by atoms with E-state index in [1.807, 2.05) is 55.5 Å². The van der Waals surface area contributed by atoms with Crippen LogP contribution in [0.15, 0.2) is 58.9 Å². The lowest BCUT2D eigenvalue weighted by atomic mass is 10.1. The quantitative estimate of drug-likeness (QED) is 0.681. The zero-order chi connectivity index (χ0) is 16.8. The van der Waals surface area contributed by atoms with Gasteiger partial charge >= 0.3 is 0 Å². The number of carbonyl (C=O) groups is 1. The Bertz CT molecular complexity index is 818. The molecule has 3 rings (SSSR count). The average molecular weight is 355 g/mol. The summed E-state index contributed by atoms with van der Waals surface area (Å²) in [7, 11) is 0. The largest absolute Gasteiger partial charge is 0.351 e. The van der Waals surface area contributed by atoms with Gasteiger partial charge in [-0.1, -0.05) is 65.9 Å². The van der Waals surface area contributed by atoms with E-state index in [0.29, 0.717) is 12.3 Å². The number of hydrogen-bond acceptors (Lipinski definition) is 5. The van der Waals surface area contributed by atoms with E-state index < -0.39 is 0 Å². The molecule has 0 spiro atoms. The van der Waals surface area contributed by atoms with Gasteiger partial charge in [0, 0.05) is 12.1 Å². The molecule has 3 aromatic rings. The van der Waals surface area contributed by atoms with Crippen molar-refractivity contribution in [1.29, 1.82) is 0 Å². The van der Waals surface area contributed by atoms with Gasteiger partial charge in [0.2, 0.25) is 5.91 Å². The van der Waals surface area contributed by atoms with E-state index in [4.69, 9.17) is 0 Å². The predicted molar refractivity (Wildman–Crippen MR) is 99.1 cm³/mol. The van der Waals surface area contributed by atoms with Crippen molar-refractivity contribution in [3.8, 4) is 11.4 Å². The molecule has 1 aromatic heterocycles. The number of aryl methyl sites for hydroxylation is 1. The van der Waals surface area contributed by atoms with Gasteiger partial charge in [0.05, 0.1) is 5.75 Å². The standard InChI is InChI=1S/C18H17N3OS2/c1-13-6-5-9-15(10-13)17-20-18(24-21-17)23-12-16(22)19-11-14-7-3-2-4-8-14/h2-10H,11-12H2,1H3,(H,19,22). The lowest BCUT2D eigenvalue weighted by molar-refractivity contribution is -0.118.